The summed E-state index contributed by atoms with van der Waals surface area (Å²) in [6.45, 7) is 0. The molecule has 0 saturated heterocycles. The van der Waals surface area contributed by atoms with Crippen molar-refractivity contribution in [1.82, 2.24) is 18.7 Å². The molecule has 0 fully saturated rings. The van der Waals surface area contributed by atoms with Crippen LogP contribution in [0.4, 0.5) is 0 Å². The quantitative estimate of drug-likeness (QED) is 0.688. The summed E-state index contributed by atoms with van der Waals surface area (Å²) < 4.78 is 5.16. The van der Waals surface area contributed by atoms with Crippen LogP contribution in [-0.2, 0) is 21.1 Å². The number of halogens is 1. The first-order valence-electron chi connectivity index (χ1n) is 6.96. The fourth-order valence-electron chi connectivity index (χ4n) is 2.47. The summed E-state index contributed by atoms with van der Waals surface area (Å²) in [6, 6.07) is 7.84. The number of aryl methyl sites for hydroxylation is 2. The fraction of sp³-hybridized carbons (Fsp3) is 0.188. The summed E-state index contributed by atoms with van der Waals surface area (Å²) in [5, 5.41) is 0. The summed E-state index contributed by atoms with van der Waals surface area (Å²) in [5.41, 5.74) is 1.06. The number of fused-ring (bicyclic) bond motifs is 1. The van der Waals surface area contributed by atoms with Gasteiger partial charge in [-0.3, -0.25) is 13.9 Å². The average Bonchev–Trinajstić information content (AvgIpc) is 2.86. The maximum absolute atomic E-state index is 12.3. The minimum atomic E-state index is -0.386. The molecule has 0 spiro atoms. The zero-order valence-electron chi connectivity index (χ0n) is 12.9. The highest BCUT2D eigenvalue weighted by Crippen LogP contribution is 2.15. The lowest BCUT2D eigenvalue weighted by atomic mass is 10.2. The number of aromatic nitrogens is 4. The molecule has 23 heavy (non-hydrogen) atoms. The lowest BCUT2D eigenvalue weighted by molar-refractivity contribution is 0.705. The molecule has 2 aromatic heterocycles. The van der Waals surface area contributed by atoms with Crippen molar-refractivity contribution in [2.45, 2.75) is 0 Å². The van der Waals surface area contributed by atoms with E-state index in [1.54, 1.807) is 18.7 Å². The zero-order valence-corrected chi connectivity index (χ0v) is 14.5. The van der Waals surface area contributed by atoms with Crippen LogP contribution in [0.3, 0.4) is 0 Å². The Balaban J connectivity index is 2.19. The molecule has 0 unspecified atom stereocenters. The Labute approximate surface area is 140 Å². The molecular formula is C16H15BrN4O2. The first-order chi connectivity index (χ1) is 10.9. The summed E-state index contributed by atoms with van der Waals surface area (Å²) in [4.78, 5) is 28.7. The summed E-state index contributed by atoms with van der Waals surface area (Å²) in [5.74, 6) is 0.610. The average molecular weight is 375 g/mol. The van der Waals surface area contributed by atoms with Crippen LogP contribution in [0, 0.1) is 0 Å². The van der Waals surface area contributed by atoms with Gasteiger partial charge in [0.05, 0.1) is 0 Å². The van der Waals surface area contributed by atoms with Crippen LogP contribution in [0.5, 0.6) is 0 Å². The molecule has 0 aliphatic rings. The van der Waals surface area contributed by atoms with Gasteiger partial charge in [0, 0.05) is 25.6 Å². The maximum Gasteiger partial charge on any atom is 0.332 e. The summed E-state index contributed by atoms with van der Waals surface area (Å²) in [7, 11) is 4.84. The molecule has 0 radical (unpaired) electrons. The van der Waals surface area contributed by atoms with Crippen LogP contribution in [0.2, 0.25) is 0 Å². The third kappa shape index (κ3) is 2.57. The van der Waals surface area contributed by atoms with E-state index in [4.69, 9.17) is 0 Å². The van der Waals surface area contributed by atoms with Gasteiger partial charge in [-0.15, -0.1) is 0 Å². The number of nitrogens with zero attached hydrogens (tertiary/aromatic N) is 4. The Bertz CT molecular complexity index is 1060. The molecule has 0 bridgehead atoms. The van der Waals surface area contributed by atoms with Gasteiger partial charge in [0.15, 0.2) is 11.2 Å². The van der Waals surface area contributed by atoms with Gasteiger partial charge >= 0.3 is 5.69 Å². The summed E-state index contributed by atoms with van der Waals surface area (Å²) in [6.07, 6.45) is 3.74. The summed E-state index contributed by atoms with van der Waals surface area (Å²) >= 11 is 3.43. The van der Waals surface area contributed by atoms with Crippen molar-refractivity contribution < 1.29 is 0 Å². The third-order valence-electron chi connectivity index (χ3n) is 3.78. The Hall–Kier alpha value is -2.41. The largest absolute Gasteiger partial charge is 0.332 e. The predicted molar refractivity (Wildman–Crippen MR) is 94.3 cm³/mol. The van der Waals surface area contributed by atoms with E-state index in [0.29, 0.717) is 17.0 Å². The second-order valence-corrected chi connectivity index (χ2v) is 6.21. The van der Waals surface area contributed by atoms with Gasteiger partial charge in [-0.05, 0) is 23.8 Å². The molecule has 0 amide bonds. The van der Waals surface area contributed by atoms with Crippen molar-refractivity contribution in [1.29, 1.82) is 0 Å². The van der Waals surface area contributed by atoms with E-state index in [9.17, 15) is 9.59 Å². The molecule has 7 heteroatoms. The number of hydrogen-bond acceptors (Lipinski definition) is 3. The predicted octanol–water partition coefficient (Wildman–Crippen LogP) is 1.90. The highest BCUT2D eigenvalue weighted by molar-refractivity contribution is 9.10. The molecular weight excluding hydrogens is 360 g/mol. The second-order valence-electron chi connectivity index (χ2n) is 5.30. The van der Waals surface area contributed by atoms with E-state index < -0.39 is 0 Å². The van der Waals surface area contributed by atoms with E-state index in [1.807, 2.05) is 36.4 Å². The van der Waals surface area contributed by atoms with Gasteiger partial charge in [-0.1, -0.05) is 34.1 Å². The van der Waals surface area contributed by atoms with Gasteiger partial charge in [-0.25, -0.2) is 9.78 Å². The Morgan fingerprint density at radius 3 is 2.48 bits per heavy atom. The first-order valence-corrected chi connectivity index (χ1v) is 7.75. The van der Waals surface area contributed by atoms with Gasteiger partial charge < -0.3 is 4.57 Å². The molecule has 0 aliphatic heterocycles. The molecule has 0 saturated carbocycles. The lowest BCUT2D eigenvalue weighted by Crippen LogP contribution is -2.37. The maximum atomic E-state index is 12.3. The Kier molecular flexibility index (Phi) is 3.81. The lowest BCUT2D eigenvalue weighted by Gasteiger charge is -2.03. The Morgan fingerprint density at radius 1 is 1.04 bits per heavy atom. The van der Waals surface area contributed by atoms with Crippen molar-refractivity contribution in [3.63, 3.8) is 0 Å². The minimum Gasteiger partial charge on any atom is -0.322 e. The molecule has 0 atom stereocenters. The van der Waals surface area contributed by atoms with Gasteiger partial charge in [0.1, 0.15) is 5.82 Å². The van der Waals surface area contributed by atoms with Crippen molar-refractivity contribution >= 4 is 39.2 Å². The van der Waals surface area contributed by atoms with Crippen LogP contribution in [0.1, 0.15) is 11.4 Å². The van der Waals surface area contributed by atoms with Crippen LogP contribution in [0.15, 0.2) is 38.3 Å². The monoisotopic (exact) mass is 374 g/mol. The Morgan fingerprint density at radius 2 is 1.78 bits per heavy atom. The number of benzene rings is 1. The van der Waals surface area contributed by atoms with E-state index in [1.165, 1.54) is 11.6 Å². The van der Waals surface area contributed by atoms with Crippen molar-refractivity contribution in [2.75, 3.05) is 0 Å². The molecule has 3 rings (SSSR count). The third-order valence-corrected chi connectivity index (χ3v) is 4.28. The fourth-order valence-corrected chi connectivity index (χ4v) is 2.88. The molecule has 1 aromatic carbocycles. The number of rotatable bonds is 2. The second kappa shape index (κ2) is 5.66. The standard InChI is InChI=1S/C16H15BrN4O2/c1-19-12(8-7-10-5-4-6-11(17)9-10)18-14-13(19)15(22)21(3)16(23)20(14)2/h4-9H,1-3H3/b8-7+. The van der Waals surface area contributed by atoms with E-state index >= 15 is 0 Å². The molecule has 6 nitrogen and oxygen atoms in total. The molecule has 3 aromatic rings. The SMILES string of the molecule is Cn1c(=O)c2c(nc(/C=C/c3cccc(Br)c3)n2C)n(C)c1=O. The van der Waals surface area contributed by atoms with E-state index in [0.717, 1.165) is 14.6 Å². The van der Waals surface area contributed by atoms with Gasteiger partial charge in [0.25, 0.3) is 5.56 Å². The van der Waals surface area contributed by atoms with Gasteiger partial charge in [-0.2, -0.15) is 0 Å². The molecule has 0 aliphatic carbocycles. The number of imidazole rings is 1. The highest BCUT2D eigenvalue weighted by Gasteiger charge is 2.15. The van der Waals surface area contributed by atoms with E-state index in [2.05, 4.69) is 20.9 Å². The van der Waals surface area contributed by atoms with Crippen LogP contribution < -0.4 is 11.2 Å². The smallest absolute Gasteiger partial charge is 0.322 e. The van der Waals surface area contributed by atoms with Crippen LogP contribution in [-0.4, -0.2) is 18.7 Å². The molecule has 118 valence electrons. The normalized spacial score (nSPS) is 11.7. The van der Waals surface area contributed by atoms with E-state index in [-0.39, 0.29) is 11.2 Å². The highest BCUT2D eigenvalue weighted by atomic mass is 79.9. The first kappa shape index (κ1) is 15.5. The van der Waals surface area contributed by atoms with Crippen LogP contribution in [0.25, 0.3) is 23.3 Å². The van der Waals surface area contributed by atoms with Crippen molar-refractivity contribution in [2.24, 2.45) is 21.1 Å². The van der Waals surface area contributed by atoms with Crippen molar-refractivity contribution in [3.8, 4) is 0 Å². The molecule has 2 heterocycles. The van der Waals surface area contributed by atoms with Crippen LogP contribution >= 0.6 is 15.9 Å². The zero-order chi connectivity index (χ0) is 16.7. The number of hydrogen-bond donors (Lipinski definition) is 0. The van der Waals surface area contributed by atoms with Crippen molar-refractivity contribution in [3.05, 3.63) is 61.0 Å². The minimum absolute atomic E-state index is 0.347. The topological polar surface area (TPSA) is 61.8 Å². The van der Waals surface area contributed by atoms with Gasteiger partial charge in [0.2, 0.25) is 0 Å². The molecule has 0 N–H and O–H groups in total.